The van der Waals surface area contributed by atoms with E-state index in [-0.39, 0.29) is 11.2 Å². The second-order valence-corrected chi connectivity index (χ2v) is 7.57. The minimum atomic E-state index is -0.284. The first-order valence-corrected chi connectivity index (χ1v) is 8.06. The maximum absolute atomic E-state index is 14.0. The van der Waals surface area contributed by atoms with Crippen molar-refractivity contribution in [1.82, 2.24) is 0 Å². The van der Waals surface area contributed by atoms with Crippen molar-refractivity contribution >= 4 is 5.69 Å². The summed E-state index contributed by atoms with van der Waals surface area (Å²) in [6.45, 7) is 9.43. The number of hydrogen-bond acceptors (Lipinski definition) is 2. The van der Waals surface area contributed by atoms with Gasteiger partial charge in [0.25, 0.3) is 0 Å². The minimum Gasteiger partial charge on any atom is -0.491 e. The Hall–Kier alpha value is -1.25. The molecule has 1 unspecified atom stereocenters. The molecule has 1 aromatic carbocycles. The highest BCUT2D eigenvalue weighted by atomic mass is 19.1. The molecule has 0 spiro atoms. The smallest absolute Gasteiger partial charge is 0.167 e. The molecule has 0 saturated heterocycles. The van der Waals surface area contributed by atoms with Crippen molar-refractivity contribution in [2.24, 2.45) is 16.7 Å². The Bertz CT molecular complexity index is 537. The molecule has 2 saturated carbocycles. The van der Waals surface area contributed by atoms with Gasteiger partial charge in [-0.2, -0.15) is 0 Å². The summed E-state index contributed by atoms with van der Waals surface area (Å²) in [5.74, 6) is 0.835. The molecular formula is C18H26FNO. The zero-order chi connectivity index (χ0) is 15.3. The average molecular weight is 291 g/mol. The summed E-state index contributed by atoms with van der Waals surface area (Å²) in [5.41, 5.74) is 1.47. The van der Waals surface area contributed by atoms with E-state index in [4.69, 9.17) is 4.74 Å². The van der Waals surface area contributed by atoms with Crippen LogP contribution in [0.5, 0.6) is 5.75 Å². The second kappa shape index (κ2) is 4.89. The van der Waals surface area contributed by atoms with Crippen LogP contribution in [0.4, 0.5) is 10.1 Å². The Labute approximate surface area is 127 Å². The zero-order valence-corrected chi connectivity index (χ0v) is 13.5. The maximum atomic E-state index is 14.0. The minimum absolute atomic E-state index is 0.266. The number of fused-ring (bicyclic) bond motifs is 2. The third kappa shape index (κ3) is 2.31. The Morgan fingerprint density at radius 3 is 2.67 bits per heavy atom. The molecule has 1 N–H and O–H groups in total. The van der Waals surface area contributed by atoms with Gasteiger partial charge in [-0.25, -0.2) is 4.39 Å². The third-order valence-corrected chi connectivity index (χ3v) is 5.81. The Kier molecular flexibility index (Phi) is 3.42. The number of rotatable bonds is 4. The van der Waals surface area contributed by atoms with Gasteiger partial charge in [-0.15, -0.1) is 0 Å². The summed E-state index contributed by atoms with van der Waals surface area (Å²) >= 11 is 0. The Morgan fingerprint density at radius 2 is 2.10 bits per heavy atom. The van der Waals surface area contributed by atoms with Crippen molar-refractivity contribution in [1.29, 1.82) is 0 Å². The van der Waals surface area contributed by atoms with Crippen LogP contribution in [0.3, 0.4) is 0 Å². The number of hydrogen-bond donors (Lipinski definition) is 1. The molecule has 3 atom stereocenters. The fraction of sp³-hybridized carbons (Fsp3) is 0.667. The first-order chi connectivity index (χ1) is 9.87. The number of benzene rings is 1. The van der Waals surface area contributed by atoms with Crippen molar-refractivity contribution in [3.63, 3.8) is 0 Å². The molecule has 2 bridgehead atoms. The molecule has 21 heavy (non-hydrogen) atoms. The highest BCUT2D eigenvalue weighted by molar-refractivity contribution is 5.49. The van der Waals surface area contributed by atoms with E-state index in [0.717, 1.165) is 11.6 Å². The number of ether oxygens (including phenoxy) is 1. The predicted molar refractivity (Wildman–Crippen MR) is 84.2 cm³/mol. The summed E-state index contributed by atoms with van der Waals surface area (Å²) < 4.78 is 19.3. The standard InChI is InChI=1S/C18H26FNO/c1-5-21-15-7-6-13(10-14(15)19)20-16-17(2,3)12-8-9-18(16,4)11-12/h6-7,10,12,16,20H,5,8-9,11H2,1-4H3/t12-,16?,18+/m0/s1. The van der Waals surface area contributed by atoms with Crippen LogP contribution < -0.4 is 10.1 Å². The van der Waals surface area contributed by atoms with Crippen LogP contribution in [-0.4, -0.2) is 12.6 Å². The van der Waals surface area contributed by atoms with E-state index in [1.165, 1.54) is 19.3 Å². The fourth-order valence-corrected chi connectivity index (χ4v) is 4.69. The van der Waals surface area contributed by atoms with Gasteiger partial charge in [0.1, 0.15) is 0 Å². The van der Waals surface area contributed by atoms with Crippen LogP contribution in [-0.2, 0) is 0 Å². The van der Waals surface area contributed by atoms with Crippen LogP contribution in [0.1, 0.15) is 47.0 Å². The molecular weight excluding hydrogens is 265 g/mol. The van der Waals surface area contributed by atoms with Crippen molar-refractivity contribution in [3.8, 4) is 5.75 Å². The Morgan fingerprint density at radius 1 is 1.33 bits per heavy atom. The van der Waals surface area contributed by atoms with Crippen LogP contribution in [0.2, 0.25) is 0 Å². The number of nitrogens with one attached hydrogen (secondary N) is 1. The van der Waals surface area contributed by atoms with Crippen LogP contribution in [0.15, 0.2) is 18.2 Å². The highest BCUT2D eigenvalue weighted by Crippen LogP contribution is 2.63. The van der Waals surface area contributed by atoms with E-state index < -0.39 is 0 Å². The first kappa shape index (κ1) is 14.7. The van der Waals surface area contributed by atoms with Crippen LogP contribution in [0.25, 0.3) is 0 Å². The molecule has 2 aliphatic rings. The molecule has 3 heteroatoms. The molecule has 2 nitrogen and oxygen atoms in total. The second-order valence-electron chi connectivity index (χ2n) is 7.57. The molecule has 0 heterocycles. The number of halogens is 1. The van der Waals surface area contributed by atoms with Gasteiger partial charge in [0.2, 0.25) is 0 Å². The quantitative estimate of drug-likeness (QED) is 0.856. The van der Waals surface area contributed by atoms with Gasteiger partial charge in [-0.05, 0) is 55.1 Å². The van der Waals surface area contributed by atoms with Gasteiger partial charge >= 0.3 is 0 Å². The lowest BCUT2D eigenvalue weighted by atomic mass is 9.68. The molecule has 0 aromatic heterocycles. The number of anilines is 1. The van der Waals surface area contributed by atoms with Crippen molar-refractivity contribution in [3.05, 3.63) is 24.0 Å². The van der Waals surface area contributed by atoms with Crippen LogP contribution >= 0.6 is 0 Å². The molecule has 0 amide bonds. The van der Waals surface area contributed by atoms with Gasteiger partial charge in [-0.3, -0.25) is 0 Å². The van der Waals surface area contributed by atoms with E-state index in [0.29, 0.717) is 23.8 Å². The molecule has 0 radical (unpaired) electrons. The summed E-state index contributed by atoms with van der Waals surface area (Å²) in [6.07, 6.45) is 3.90. The molecule has 3 rings (SSSR count). The monoisotopic (exact) mass is 291 g/mol. The first-order valence-electron chi connectivity index (χ1n) is 8.06. The zero-order valence-electron chi connectivity index (χ0n) is 13.5. The van der Waals surface area contributed by atoms with Gasteiger partial charge in [0.15, 0.2) is 11.6 Å². The van der Waals surface area contributed by atoms with E-state index in [1.54, 1.807) is 12.1 Å². The topological polar surface area (TPSA) is 21.3 Å². The van der Waals surface area contributed by atoms with Gasteiger partial charge in [0.05, 0.1) is 6.61 Å². The maximum Gasteiger partial charge on any atom is 0.167 e. The molecule has 116 valence electrons. The summed E-state index contributed by atoms with van der Waals surface area (Å²) in [6, 6.07) is 5.63. The van der Waals surface area contributed by atoms with E-state index in [1.807, 2.05) is 13.0 Å². The van der Waals surface area contributed by atoms with Crippen molar-refractivity contribution in [2.75, 3.05) is 11.9 Å². The summed E-state index contributed by atoms with van der Waals surface area (Å²) in [5, 5.41) is 3.62. The van der Waals surface area contributed by atoms with Gasteiger partial charge in [0, 0.05) is 17.8 Å². The van der Waals surface area contributed by atoms with Crippen molar-refractivity contribution in [2.45, 2.75) is 53.0 Å². The van der Waals surface area contributed by atoms with Gasteiger partial charge in [-0.1, -0.05) is 20.8 Å². The lowest BCUT2D eigenvalue weighted by Crippen LogP contribution is -2.45. The largest absolute Gasteiger partial charge is 0.491 e. The van der Waals surface area contributed by atoms with Gasteiger partial charge < -0.3 is 10.1 Å². The lowest BCUT2D eigenvalue weighted by Gasteiger charge is -2.43. The van der Waals surface area contributed by atoms with E-state index >= 15 is 0 Å². The Balaban J connectivity index is 1.82. The van der Waals surface area contributed by atoms with E-state index in [2.05, 4.69) is 26.1 Å². The predicted octanol–water partition coefficient (Wildman–Crippen LogP) is 4.85. The average Bonchev–Trinajstić information content (AvgIpc) is 2.89. The highest BCUT2D eigenvalue weighted by Gasteiger charge is 2.59. The molecule has 2 aliphatic carbocycles. The molecule has 0 aliphatic heterocycles. The van der Waals surface area contributed by atoms with Crippen molar-refractivity contribution < 1.29 is 9.13 Å². The van der Waals surface area contributed by atoms with Crippen LogP contribution in [0, 0.1) is 22.6 Å². The summed E-state index contributed by atoms with van der Waals surface area (Å²) in [4.78, 5) is 0. The van der Waals surface area contributed by atoms with E-state index in [9.17, 15) is 4.39 Å². The SMILES string of the molecule is CCOc1ccc(NC2C(C)(C)[C@H]3CC[C@]2(C)C3)cc1F. The summed E-state index contributed by atoms with van der Waals surface area (Å²) in [7, 11) is 0. The normalized spacial score (nSPS) is 33.2. The lowest BCUT2D eigenvalue weighted by molar-refractivity contribution is 0.155. The molecule has 1 aromatic rings. The fourth-order valence-electron chi connectivity index (χ4n) is 4.69. The third-order valence-electron chi connectivity index (χ3n) is 5.81. The molecule has 2 fully saturated rings.